The molecule has 4 rings (SSSR count). The zero-order valence-electron chi connectivity index (χ0n) is 16.8. The number of carbonyl (C=O) groups is 3. The summed E-state index contributed by atoms with van der Waals surface area (Å²) in [5.41, 5.74) is 2.90. The lowest BCUT2D eigenvalue weighted by Crippen LogP contribution is -2.42. The van der Waals surface area contributed by atoms with Crippen molar-refractivity contribution in [1.82, 2.24) is 15.6 Å². The van der Waals surface area contributed by atoms with Gasteiger partial charge in [-0.25, -0.2) is 4.98 Å². The topological polar surface area (TPSA) is 100 Å². The van der Waals surface area contributed by atoms with Crippen molar-refractivity contribution in [3.05, 3.63) is 70.5 Å². The molecule has 0 fully saturated rings. The molecule has 2 aromatic carbocycles. The SMILES string of the molecule is O=C(CC[C@H]1NC(=O)c2ccccc2NC1=O)NCCc1nc(-c2ccccc2)cs1. The van der Waals surface area contributed by atoms with Gasteiger partial charge in [0.05, 0.1) is 22.0 Å². The van der Waals surface area contributed by atoms with Crippen molar-refractivity contribution in [1.29, 1.82) is 0 Å². The Morgan fingerprint density at radius 2 is 1.84 bits per heavy atom. The molecule has 1 atom stereocenters. The minimum atomic E-state index is -0.752. The Kier molecular flexibility index (Phi) is 6.37. The standard InChI is InChI=1S/C23H22N4O3S/c28-20(24-13-12-21-25-19(14-31-21)15-6-2-1-3-7-15)11-10-18-23(30)26-17-9-5-4-8-16(17)22(29)27-18/h1-9,14,18H,10-13H2,(H,24,28)(H,26,30)(H,27,29)/t18-/m1/s1. The number of rotatable bonds is 7. The number of para-hydroxylation sites is 1. The molecule has 0 aliphatic carbocycles. The highest BCUT2D eigenvalue weighted by Gasteiger charge is 2.27. The zero-order chi connectivity index (χ0) is 21.6. The van der Waals surface area contributed by atoms with Gasteiger partial charge in [-0.15, -0.1) is 11.3 Å². The number of nitrogens with one attached hydrogen (secondary N) is 3. The molecular weight excluding hydrogens is 412 g/mol. The second kappa shape index (κ2) is 9.53. The first-order valence-electron chi connectivity index (χ1n) is 10.1. The van der Waals surface area contributed by atoms with Crippen LogP contribution < -0.4 is 16.0 Å². The summed E-state index contributed by atoms with van der Waals surface area (Å²) in [4.78, 5) is 41.6. The fourth-order valence-corrected chi connectivity index (χ4v) is 4.16. The van der Waals surface area contributed by atoms with E-state index in [1.165, 1.54) is 0 Å². The highest BCUT2D eigenvalue weighted by Crippen LogP contribution is 2.22. The van der Waals surface area contributed by atoms with Crippen molar-refractivity contribution in [2.24, 2.45) is 0 Å². The largest absolute Gasteiger partial charge is 0.356 e. The molecular formula is C23H22N4O3S. The summed E-state index contributed by atoms with van der Waals surface area (Å²) in [5, 5.41) is 11.3. The van der Waals surface area contributed by atoms with Crippen LogP contribution in [0.15, 0.2) is 60.0 Å². The van der Waals surface area contributed by atoms with Crippen LogP contribution in [0.4, 0.5) is 5.69 Å². The number of aromatic nitrogens is 1. The summed E-state index contributed by atoms with van der Waals surface area (Å²) in [6.45, 7) is 0.467. The molecule has 1 aliphatic heterocycles. The molecule has 0 saturated heterocycles. The molecule has 0 radical (unpaired) electrons. The number of nitrogens with zero attached hydrogens (tertiary/aromatic N) is 1. The number of benzene rings is 2. The van der Waals surface area contributed by atoms with Crippen LogP contribution in [0.5, 0.6) is 0 Å². The molecule has 3 amide bonds. The molecule has 0 spiro atoms. The lowest BCUT2D eigenvalue weighted by Gasteiger charge is -2.14. The highest BCUT2D eigenvalue weighted by atomic mass is 32.1. The average molecular weight is 435 g/mol. The first-order valence-corrected chi connectivity index (χ1v) is 11.0. The normalized spacial score (nSPS) is 15.4. The van der Waals surface area contributed by atoms with Crippen LogP contribution in [-0.2, 0) is 16.0 Å². The third kappa shape index (κ3) is 5.16. The summed E-state index contributed by atoms with van der Waals surface area (Å²) >= 11 is 1.57. The molecule has 31 heavy (non-hydrogen) atoms. The number of amides is 3. The zero-order valence-corrected chi connectivity index (χ0v) is 17.6. The first kappa shape index (κ1) is 20.7. The molecule has 8 heteroatoms. The summed E-state index contributed by atoms with van der Waals surface area (Å²) in [5.74, 6) is -0.802. The van der Waals surface area contributed by atoms with Gasteiger partial charge in [0.15, 0.2) is 0 Å². The Balaban J connectivity index is 1.23. The van der Waals surface area contributed by atoms with Crippen LogP contribution in [0.2, 0.25) is 0 Å². The fourth-order valence-electron chi connectivity index (χ4n) is 3.35. The van der Waals surface area contributed by atoms with E-state index >= 15 is 0 Å². The Morgan fingerprint density at radius 1 is 1.06 bits per heavy atom. The van der Waals surface area contributed by atoms with Crippen LogP contribution in [0.1, 0.15) is 28.2 Å². The molecule has 158 valence electrons. The van der Waals surface area contributed by atoms with Crippen molar-refractivity contribution >= 4 is 34.7 Å². The fraction of sp³-hybridized carbons (Fsp3) is 0.217. The van der Waals surface area contributed by atoms with Crippen LogP contribution >= 0.6 is 11.3 Å². The number of carbonyl (C=O) groups excluding carboxylic acids is 3. The van der Waals surface area contributed by atoms with E-state index in [4.69, 9.17) is 0 Å². The molecule has 3 aromatic rings. The quantitative estimate of drug-likeness (QED) is 0.532. The smallest absolute Gasteiger partial charge is 0.254 e. The highest BCUT2D eigenvalue weighted by molar-refractivity contribution is 7.09. The second-order valence-electron chi connectivity index (χ2n) is 7.19. The van der Waals surface area contributed by atoms with Gasteiger partial charge in [-0.3, -0.25) is 14.4 Å². The third-order valence-electron chi connectivity index (χ3n) is 4.99. The maximum absolute atomic E-state index is 12.4. The van der Waals surface area contributed by atoms with Gasteiger partial charge in [0.25, 0.3) is 5.91 Å². The second-order valence-corrected chi connectivity index (χ2v) is 8.13. The van der Waals surface area contributed by atoms with E-state index in [1.807, 2.05) is 35.7 Å². The Hall–Kier alpha value is -3.52. The molecule has 3 N–H and O–H groups in total. The van der Waals surface area contributed by atoms with Crippen LogP contribution in [0, 0.1) is 0 Å². The van der Waals surface area contributed by atoms with E-state index in [0.717, 1.165) is 16.3 Å². The monoisotopic (exact) mass is 434 g/mol. The maximum Gasteiger partial charge on any atom is 0.254 e. The average Bonchev–Trinajstić information content (AvgIpc) is 3.21. The van der Waals surface area contributed by atoms with Crippen LogP contribution in [-0.4, -0.2) is 35.3 Å². The number of hydrogen-bond donors (Lipinski definition) is 3. The third-order valence-corrected chi connectivity index (χ3v) is 5.90. The van der Waals surface area contributed by atoms with Crippen LogP contribution in [0.25, 0.3) is 11.3 Å². The molecule has 1 aromatic heterocycles. The molecule has 0 bridgehead atoms. The van der Waals surface area contributed by atoms with Crippen LogP contribution in [0.3, 0.4) is 0 Å². The summed E-state index contributed by atoms with van der Waals surface area (Å²) in [6.07, 6.45) is 1.01. The van der Waals surface area contributed by atoms with Gasteiger partial charge in [0, 0.05) is 30.3 Å². The van der Waals surface area contributed by atoms with Gasteiger partial charge in [-0.2, -0.15) is 0 Å². The van der Waals surface area contributed by atoms with E-state index < -0.39 is 6.04 Å². The Labute approximate surface area is 183 Å². The van der Waals surface area contributed by atoms with Crippen molar-refractivity contribution in [2.75, 3.05) is 11.9 Å². The van der Waals surface area contributed by atoms with Gasteiger partial charge in [0.1, 0.15) is 6.04 Å². The number of hydrogen-bond acceptors (Lipinski definition) is 5. The maximum atomic E-state index is 12.4. The number of anilines is 1. The van der Waals surface area contributed by atoms with Crippen molar-refractivity contribution in [3.8, 4) is 11.3 Å². The number of thiazole rings is 1. The Bertz CT molecular complexity index is 1100. The molecule has 2 heterocycles. The van der Waals surface area contributed by atoms with E-state index in [0.29, 0.717) is 24.2 Å². The minimum absolute atomic E-state index is 0.141. The van der Waals surface area contributed by atoms with Gasteiger partial charge in [0.2, 0.25) is 11.8 Å². The van der Waals surface area contributed by atoms with Gasteiger partial charge in [-0.05, 0) is 18.6 Å². The number of fused-ring (bicyclic) bond motifs is 1. The van der Waals surface area contributed by atoms with Gasteiger partial charge < -0.3 is 16.0 Å². The van der Waals surface area contributed by atoms with E-state index in [2.05, 4.69) is 20.9 Å². The van der Waals surface area contributed by atoms with E-state index in [-0.39, 0.29) is 30.6 Å². The van der Waals surface area contributed by atoms with E-state index in [9.17, 15) is 14.4 Å². The predicted octanol–water partition coefficient (Wildman–Crippen LogP) is 3.00. The predicted molar refractivity (Wildman–Crippen MR) is 120 cm³/mol. The minimum Gasteiger partial charge on any atom is -0.356 e. The van der Waals surface area contributed by atoms with Gasteiger partial charge in [-0.1, -0.05) is 42.5 Å². The van der Waals surface area contributed by atoms with Crippen molar-refractivity contribution in [2.45, 2.75) is 25.3 Å². The summed E-state index contributed by atoms with van der Waals surface area (Å²) < 4.78 is 0. The molecule has 0 saturated carbocycles. The lowest BCUT2D eigenvalue weighted by molar-refractivity contribution is -0.121. The van der Waals surface area contributed by atoms with Crippen molar-refractivity contribution in [3.63, 3.8) is 0 Å². The molecule has 1 aliphatic rings. The van der Waals surface area contributed by atoms with Crippen molar-refractivity contribution < 1.29 is 14.4 Å². The molecule has 7 nitrogen and oxygen atoms in total. The first-order chi connectivity index (χ1) is 15.1. The summed E-state index contributed by atoms with van der Waals surface area (Å²) in [6, 6.07) is 16.0. The lowest BCUT2D eigenvalue weighted by atomic mass is 10.1. The van der Waals surface area contributed by atoms with E-state index in [1.54, 1.807) is 35.6 Å². The Morgan fingerprint density at radius 3 is 2.68 bits per heavy atom. The van der Waals surface area contributed by atoms with Gasteiger partial charge >= 0.3 is 0 Å². The molecule has 0 unspecified atom stereocenters. The summed E-state index contributed by atoms with van der Waals surface area (Å²) in [7, 11) is 0.